The van der Waals surface area contributed by atoms with E-state index in [0.29, 0.717) is 10.7 Å². The molecule has 2 rings (SSSR count). The molecule has 0 radical (unpaired) electrons. The van der Waals surface area contributed by atoms with E-state index in [0.717, 1.165) is 0 Å². The lowest BCUT2D eigenvalue weighted by molar-refractivity contribution is 0.546. The van der Waals surface area contributed by atoms with Gasteiger partial charge in [0.25, 0.3) is 0 Å². The third-order valence-electron chi connectivity index (χ3n) is 2.87. The monoisotopic (exact) mass is 242 g/mol. The van der Waals surface area contributed by atoms with Gasteiger partial charge in [0.15, 0.2) is 0 Å². The molecule has 2 unspecified atom stereocenters. The summed E-state index contributed by atoms with van der Waals surface area (Å²) in [6, 6.07) is 2.11. The molecule has 1 aromatic rings. The van der Waals surface area contributed by atoms with E-state index < -0.39 is 0 Å². The standard InChI is InChI=1S/C11H15BrO/c12-11-4-2-1-3-9(7-11)10-5-6-13-8-10/h5-6,8-9,11H,1-4,7H2. The molecular weight excluding hydrogens is 228 g/mol. The summed E-state index contributed by atoms with van der Waals surface area (Å²) >= 11 is 3.73. The van der Waals surface area contributed by atoms with Crippen molar-refractivity contribution in [3.8, 4) is 0 Å². The van der Waals surface area contributed by atoms with Crippen LogP contribution in [0.3, 0.4) is 0 Å². The fourth-order valence-electron chi connectivity index (χ4n) is 2.11. The molecule has 0 bridgehead atoms. The van der Waals surface area contributed by atoms with E-state index in [4.69, 9.17) is 4.42 Å². The van der Waals surface area contributed by atoms with Crippen molar-refractivity contribution in [1.82, 2.24) is 0 Å². The van der Waals surface area contributed by atoms with E-state index in [2.05, 4.69) is 22.0 Å². The SMILES string of the molecule is BrC1CCCCC(c2ccoc2)C1. The van der Waals surface area contributed by atoms with Gasteiger partial charge in [-0.25, -0.2) is 0 Å². The molecule has 1 aliphatic carbocycles. The van der Waals surface area contributed by atoms with Crippen molar-refractivity contribution in [2.24, 2.45) is 0 Å². The molecule has 13 heavy (non-hydrogen) atoms. The summed E-state index contributed by atoms with van der Waals surface area (Å²) in [5, 5.41) is 0. The highest BCUT2D eigenvalue weighted by Crippen LogP contribution is 2.34. The Hall–Kier alpha value is -0.240. The molecule has 0 spiro atoms. The zero-order valence-electron chi connectivity index (χ0n) is 7.71. The number of rotatable bonds is 1. The Balaban J connectivity index is 2.05. The van der Waals surface area contributed by atoms with Crippen LogP contribution in [0.1, 0.15) is 43.6 Å². The quantitative estimate of drug-likeness (QED) is 0.534. The normalized spacial score (nSPS) is 29.9. The first-order valence-electron chi connectivity index (χ1n) is 5.02. The molecule has 1 saturated carbocycles. The van der Waals surface area contributed by atoms with Crippen LogP contribution in [-0.2, 0) is 0 Å². The minimum Gasteiger partial charge on any atom is -0.472 e. The molecule has 0 N–H and O–H groups in total. The number of halogens is 1. The van der Waals surface area contributed by atoms with Crippen LogP contribution in [0.2, 0.25) is 0 Å². The topological polar surface area (TPSA) is 13.1 Å². The Morgan fingerprint density at radius 1 is 1.31 bits per heavy atom. The predicted molar refractivity (Wildman–Crippen MR) is 57.2 cm³/mol. The fourth-order valence-corrected chi connectivity index (χ4v) is 2.89. The highest BCUT2D eigenvalue weighted by atomic mass is 79.9. The minimum absolute atomic E-state index is 0.704. The van der Waals surface area contributed by atoms with Gasteiger partial charge in [0.05, 0.1) is 12.5 Å². The van der Waals surface area contributed by atoms with Crippen molar-refractivity contribution >= 4 is 15.9 Å². The molecule has 1 fully saturated rings. The van der Waals surface area contributed by atoms with Gasteiger partial charge in [-0.05, 0) is 36.8 Å². The summed E-state index contributed by atoms with van der Waals surface area (Å²) in [5.74, 6) is 0.714. The van der Waals surface area contributed by atoms with Crippen LogP contribution in [0.15, 0.2) is 23.0 Å². The molecule has 1 nitrogen and oxygen atoms in total. The Kier molecular flexibility index (Phi) is 3.09. The number of furan rings is 1. The predicted octanol–water partition coefficient (Wildman–Crippen LogP) is 4.09. The van der Waals surface area contributed by atoms with Crippen LogP contribution in [0, 0.1) is 0 Å². The third kappa shape index (κ3) is 2.37. The van der Waals surface area contributed by atoms with E-state index in [1.54, 1.807) is 6.26 Å². The first-order valence-corrected chi connectivity index (χ1v) is 5.94. The molecule has 1 aromatic heterocycles. The van der Waals surface area contributed by atoms with Gasteiger partial charge in [-0.3, -0.25) is 0 Å². The average molecular weight is 243 g/mol. The Bertz CT molecular complexity index is 243. The van der Waals surface area contributed by atoms with Gasteiger partial charge >= 0.3 is 0 Å². The number of hydrogen-bond acceptors (Lipinski definition) is 1. The zero-order chi connectivity index (χ0) is 9.10. The largest absolute Gasteiger partial charge is 0.472 e. The molecule has 1 heterocycles. The number of alkyl halides is 1. The van der Waals surface area contributed by atoms with Crippen molar-refractivity contribution < 1.29 is 4.42 Å². The van der Waals surface area contributed by atoms with E-state index in [-0.39, 0.29) is 0 Å². The van der Waals surface area contributed by atoms with E-state index in [1.807, 2.05) is 6.26 Å². The van der Waals surface area contributed by atoms with Gasteiger partial charge in [-0.15, -0.1) is 0 Å². The van der Waals surface area contributed by atoms with Gasteiger partial charge < -0.3 is 4.42 Å². The van der Waals surface area contributed by atoms with Gasteiger partial charge in [0, 0.05) is 4.83 Å². The summed E-state index contributed by atoms with van der Waals surface area (Å²) < 4.78 is 5.13. The van der Waals surface area contributed by atoms with Crippen LogP contribution >= 0.6 is 15.9 Å². The first kappa shape index (κ1) is 9.32. The van der Waals surface area contributed by atoms with Crippen molar-refractivity contribution in [3.63, 3.8) is 0 Å². The Labute approximate surface area is 87.6 Å². The maximum absolute atomic E-state index is 5.13. The molecule has 2 atom stereocenters. The first-order chi connectivity index (χ1) is 6.36. The molecule has 0 amide bonds. The fraction of sp³-hybridized carbons (Fsp3) is 0.636. The smallest absolute Gasteiger partial charge is 0.0937 e. The second-order valence-electron chi connectivity index (χ2n) is 3.87. The van der Waals surface area contributed by atoms with E-state index in [1.165, 1.54) is 37.7 Å². The van der Waals surface area contributed by atoms with Gasteiger partial charge in [-0.1, -0.05) is 28.8 Å². The van der Waals surface area contributed by atoms with Crippen LogP contribution in [-0.4, -0.2) is 4.83 Å². The van der Waals surface area contributed by atoms with Gasteiger partial charge in [0.2, 0.25) is 0 Å². The molecule has 0 aliphatic heterocycles. The highest BCUT2D eigenvalue weighted by molar-refractivity contribution is 9.09. The van der Waals surface area contributed by atoms with Crippen molar-refractivity contribution in [2.75, 3.05) is 0 Å². The maximum atomic E-state index is 5.13. The van der Waals surface area contributed by atoms with E-state index in [9.17, 15) is 0 Å². The van der Waals surface area contributed by atoms with Crippen molar-refractivity contribution in [2.45, 2.75) is 42.8 Å². The summed E-state index contributed by atoms with van der Waals surface area (Å²) in [4.78, 5) is 0.704. The molecular formula is C11H15BrO. The summed E-state index contributed by atoms with van der Waals surface area (Å²) in [6.07, 6.45) is 10.3. The lowest BCUT2D eigenvalue weighted by atomic mass is 9.94. The molecule has 2 heteroatoms. The number of hydrogen-bond donors (Lipinski definition) is 0. The van der Waals surface area contributed by atoms with Crippen LogP contribution in [0.25, 0.3) is 0 Å². The summed E-state index contributed by atoms with van der Waals surface area (Å²) in [7, 11) is 0. The molecule has 0 aromatic carbocycles. The lowest BCUT2D eigenvalue weighted by Gasteiger charge is -2.13. The minimum atomic E-state index is 0.704. The maximum Gasteiger partial charge on any atom is 0.0937 e. The third-order valence-corrected chi connectivity index (χ3v) is 3.71. The van der Waals surface area contributed by atoms with E-state index >= 15 is 0 Å². The average Bonchev–Trinajstić information content (AvgIpc) is 2.56. The summed E-state index contributed by atoms with van der Waals surface area (Å²) in [5.41, 5.74) is 1.38. The summed E-state index contributed by atoms with van der Waals surface area (Å²) in [6.45, 7) is 0. The van der Waals surface area contributed by atoms with Crippen LogP contribution < -0.4 is 0 Å². The second-order valence-corrected chi connectivity index (χ2v) is 5.17. The Morgan fingerprint density at radius 2 is 2.15 bits per heavy atom. The zero-order valence-corrected chi connectivity index (χ0v) is 9.29. The van der Waals surface area contributed by atoms with Crippen molar-refractivity contribution in [1.29, 1.82) is 0 Å². The second kappa shape index (κ2) is 4.32. The molecule has 72 valence electrons. The molecule has 0 saturated heterocycles. The van der Waals surface area contributed by atoms with Gasteiger partial charge in [-0.2, -0.15) is 0 Å². The van der Waals surface area contributed by atoms with Crippen molar-refractivity contribution in [3.05, 3.63) is 24.2 Å². The van der Waals surface area contributed by atoms with Crippen LogP contribution in [0.5, 0.6) is 0 Å². The molecule has 1 aliphatic rings. The highest BCUT2D eigenvalue weighted by Gasteiger charge is 2.20. The Morgan fingerprint density at radius 3 is 2.92 bits per heavy atom. The van der Waals surface area contributed by atoms with Crippen LogP contribution in [0.4, 0.5) is 0 Å². The lowest BCUT2D eigenvalue weighted by Crippen LogP contribution is -2.02. The van der Waals surface area contributed by atoms with Gasteiger partial charge in [0.1, 0.15) is 0 Å².